The number of rotatable bonds is 4. The summed E-state index contributed by atoms with van der Waals surface area (Å²) >= 11 is 4.91. The van der Waals surface area contributed by atoms with Crippen molar-refractivity contribution >= 4 is 17.2 Å². The van der Waals surface area contributed by atoms with E-state index in [1.54, 1.807) is 0 Å². The van der Waals surface area contributed by atoms with Crippen LogP contribution in [0, 0.1) is 5.92 Å². The van der Waals surface area contributed by atoms with E-state index in [2.05, 4.69) is 0 Å². The van der Waals surface area contributed by atoms with Crippen LogP contribution in [0.2, 0.25) is 0 Å². The van der Waals surface area contributed by atoms with Gasteiger partial charge in [0.15, 0.2) is 0 Å². The summed E-state index contributed by atoms with van der Waals surface area (Å²) in [4.78, 5) is 0.420. The lowest BCUT2D eigenvalue weighted by molar-refractivity contribution is 0.180. The highest BCUT2D eigenvalue weighted by molar-refractivity contribution is 7.80. The summed E-state index contributed by atoms with van der Waals surface area (Å²) in [5.41, 5.74) is 6.42. The first-order chi connectivity index (χ1) is 7.25. The van der Waals surface area contributed by atoms with E-state index in [0.29, 0.717) is 4.99 Å². The number of hydrogen-bond acceptors (Lipinski definition) is 2. The van der Waals surface area contributed by atoms with Crippen LogP contribution in [0.5, 0.6) is 5.75 Å². The van der Waals surface area contributed by atoms with Gasteiger partial charge in [-0.2, -0.15) is 0 Å². The minimum Gasteiger partial charge on any atom is -0.493 e. The lowest BCUT2D eigenvalue weighted by Crippen LogP contribution is -2.19. The molecule has 0 spiro atoms. The Bertz CT molecular complexity index is 360. The van der Waals surface area contributed by atoms with E-state index < -0.39 is 0 Å². The summed E-state index contributed by atoms with van der Waals surface area (Å²) in [6, 6.07) is 7.67. The summed E-state index contributed by atoms with van der Waals surface area (Å²) in [5.74, 6) is 1.62. The number of hydrogen-bond donors (Lipinski definition) is 1. The molecule has 2 rings (SSSR count). The predicted octanol–water partition coefficient (Wildman–Crippen LogP) is 2.50. The molecule has 0 aliphatic heterocycles. The molecule has 0 atom stereocenters. The van der Waals surface area contributed by atoms with E-state index >= 15 is 0 Å². The van der Waals surface area contributed by atoms with Crippen LogP contribution in [0.1, 0.15) is 24.8 Å². The summed E-state index contributed by atoms with van der Waals surface area (Å²) in [7, 11) is 0. The van der Waals surface area contributed by atoms with Crippen LogP contribution < -0.4 is 10.5 Å². The molecule has 1 aromatic rings. The standard InChI is InChI=1S/C12H15NOS/c13-12(15)10-5-2-6-11(7-10)14-8-9-3-1-4-9/h2,5-7,9H,1,3-4,8H2,(H2,13,15). The van der Waals surface area contributed by atoms with Crippen molar-refractivity contribution in [3.05, 3.63) is 29.8 Å². The largest absolute Gasteiger partial charge is 0.493 e. The number of thiocarbonyl (C=S) groups is 1. The number of benzene rings is 1. The Morgan fingerprint density at radius 1 is 1.47 bits per heavy atom. The van der Waals surface area contributed by atoms with Crippen molar-refractivity contribution in [2.45, 2.75) is 19.3 Å². The van der Waals surface area contributed by atoms with Gasteiger partial charge in [0.25, 0.3) is 0 Å². The van der Waals surface area contributed by atoms with E-state index in [1.165, 1.54) is 19.3 Å². The highest BCUT2D eigenvalue weighted by atomic mass is 32.1. The van der Waals surface area contributed by atoms with Crippen LogP contribution in [-0.4, -0.2) is 11.6 Å². The van der Waals surface area contributed by atoms with Crippen LogP contribution in [-0.2, 0) is 0 Å². The van der Waals surface area contributed by atoms with Crippen LogP contribution in [0.25, 0.3) is 0 Å². The Labute approximate surface area is 95.4 Å². The Hall–Kier alpha value is -1.09. The molecular weight excluding hydrogens is 206 g/mol. The van der Waals surface area contributed by atoms with Gasteiger partial charge in [0, 0.05) is 5.56 Å². The maximum atomic E-state index is 5.69. The average molecular weight is 221 g/mol. The Morgan fingerprint density at radius 3 is 2.87 bits per heavy atom. The van der Waals surface area contributed by atoms with Crippen LogP contribution in [0.3, 0.4) is 0 Å². The lowest BCUT2D eigenvalue weighted by Gasteiger charge is -2.25. The minimum atomic E-state index is 0.420. The lowest BCUT2D eigenvalue weighted by atomic mass is 9.86. The fourth-order valence-corrected chi connectivity index (χ4v) is 1.74. The second-order valence-electron chi connectivity index (χ2n) is 4.00. The molecule has 80 valence electrons. The number of nitrogens with two attached hydrogens (primary N) is 1. The quantitative estimate of drug-likeness (QED) is 0.793. The first kappa shape index (κ1) is 10.4. The Morgan fingerprint density at radius 2 is 2.27 bits per heavy atom. The average Bonchev–Trinajstić information content (AvgIpc) is 2.16. The van der Waals surface area contributed by atoms with Crippen LogP contribution in [0.15, 0.2) is 24.3 Å². The van der Waals surface area contributed by atoms with E-state index in [9.17, 15) is 0 Å². The van der Waals surface area contributed by atoms with Crippen LogP contribution >= 0.6 is 12.2 Å². The summed E-state index contributed by atoms with van der Waals surface area (Å²) in [6.07, 6.45) is 3.95. The maximum absolute atomic E-state index is 5.69. The first-order valence-corrected chi connectivity index (χ1v) is 5.69. The zero-order chi connectivity index (χ0) is 10.7. The van der Waals surface area contributed by atoms with Crippen molar-refractivity contribution in [1.29, 1.82) is 0 Å². The third kappa shape index (κ3) is 2.69. The van der Waals surface area contributed by atoms with E-state index in [-0.39, 0.29) is 0 Å². The van der Waals surface area contributed by atoms with Crippen LogP contribution in [0.4, 0.5) is 0 Å². The van der Waals surface area contributed by atoms with Crippen molar-refractivity contribution in [3.8, 4) is 5.75 Å². The van der Waals surface area contributed by atoms with Gasteiger partial charge >= 0.3 is 0 Å². The molecule has 1 aliphatic rings. The molecule has 1 fully saturated rings. The van der Waals surface area contributed by atoms with Gasteiger partial charge in [-0.05, 0) is 30.9 Å². The SMILES string of the molecule is NC(=S)c1cccc(OCC2CCC2)c1. The molecule has 15 heavy (non-hydrogen) atoms. The Kier molecular flexibility index (Phi) is 3.21. The van der Waals surface area contributed by atoms with Gasteiger partial charge in [-0.1, -0.05) is 30.8 Å². The van der Waals surface area contributed by atoms with E-state index in [4.69, 9.17) is 22.7 Å². The monoisotopic (exact) mass is 221 g/mol. The second kappa shape index (κ2) is 4.62. The van der Waals surface area contributed by atoms with E-state index in [0.717, 1.165) is 23.8 Å². The third-order valence-corrected chi connectivity index (χ3v) is 3.06. The first-order valence-electron chi connectivity index (χ1n) is 5.28. The molecule has 1 saturated carbocycles. The topological polar surface area (TPSA) is 35.2 Å². The molecule has 0 saturated heterocycles. The molecular formula is C12H15NOS. The van der Waals surface area contributed by atoms with Gasteiger partial charge in [-0.3, -0.25) is 0 Å². The molecule has 2 nitrogen and oxygen atoms in total. The zero-order valence-electron chi connectivity index (χ0n) is 8.61. The molecule has 1 aromatic carbocycles. The van der Waals surface area contributed by atoms with Gasteiger partial charge in [0.2, 0.25) is 0 Å². The molecule has 2 N–H and O–H groups in total. The van der Waals surface area contributed by atoms with Gasteiger partial charge in [0.1, 0.15) is 10.7 Å². The smallest absolute Gasteiger partial charge is 0.120 e. The Balaban J connectivity index is 1.94. The minimum absolute atomic E-state index is 0.420. The molecule has 3 heteroatoms. The molecule has 0 amide bonds. The van der Waals surface area contributed by atoms with Gasteiger partial charge in [0.05, 0.1) is 6.61 Å². The molecule has 0 heterocycles. The highest BCUT2D eigenvalue weighted by Gasteiger charge is 2.17. The van der Waals surface area contributed by atoms with Crippen molar-refractivity contribution in [1.82, 2.24) is 0 Å². The molecule has 0 bridgehead atoms. The molecule has 0 aromatic heterocycles. The van der Waals surface area contributed by atoms with Gasteiger partial charge in [-0.25, -0.2) is 0 Å². The van der Waals surface area contributed by atoms with Gasteiger partial charge < -0.3 is 10.5 Å². The normalized spacial score (nSPS) is 15.7. The van der Waals surface area contributed by atoms with Gasteiger partial charge in [-0.15, -0.1) is 0 Å². The fraction of sp³-hybridized carbons (Fsp3) is 0.417. The summed E-state index contributed by atoms with van der Waals surface area (Å²) in [5, 5.41) is 0. The van der Waals surface area contributed by atoms with E-state index in [1.807, 2.05) is 24.3 Å². The molecule has 1 aliphatic carbocycles. The predicted molar refractivity (Wildman–Crippen MR) is 65.2 cm³/mol. The van der Waals surface area contributed by atoms with Crippen molar-refractivity contribution in [2.24, 2.45) is 11.7 Å². The summed E-state index contributed by atoms with van der Waals surface area (Å²) < 4.78 is 5.69. The fourth-order valence-electron chi connectivity index (χ4n) is 1.61. The van der Waals surface area contributed by atoms with Crippen molar-refractivity contribution in [3.63, 3.8) is 0 Å². The van der Waals surface area contributed by atoms with Crippen molar-refractivity contribution in [2.75, 3.05) is 6.61 Å². The number of ether oxygens (including phenoxy) is 1. The zero-order valence-corrected chi connectivity index (χ0v) is 9.43. The third-order valence-electron chi connectivity index (χ3n) is 2.83. The second-order valence-corrected chi connectivity index (χ2v) is 4.44. The maximum Gasteiger partial charge on any atom is 0.120 e. The highest BCUT2D eigenvalue weighted by Crippen LogP contribution is 2.27. The van der Waals surface area contributed by atoms with Crippen molar-refractivity contribution < 1.29 is 4.74 Å². The molecule has 0 unspecified atom stereocenters. The summed E-state index contributed by atoms with van der Waals surface area (Å²) in [6.45, 7) is 0.820. The molecule has 0 radical (unpaired) electrons.